The van der Waals surface area contributed by atoms with E-state index in [9.17, 15) is 4.79 Å². The monoisotopic (exact) mass is 127 g/mol. The van der Waals surface area contributed by atoms with Crippen LogP contribution >= 0.6 is 0 Å². The third-order valence-corrected chi connectivity index (χ3v) is 1.12. The smallest absolute Gasteiger partial charge is 0.180 e. The second kappa shape index (κ2) is 3.28. The Bertz CT molecular complexity index is 127. The van der Waals surface area contributed by atoms with Crippen molar-refractivity contribution < 1.29 is 4.79 Å². The van der Waals surface area contributed by atoms with Crippen molar-refractivity contribution in [1.29, 1.82) is 0 Å². The minimum Gasteiger partial charge on any atom is -0.386 e. The summed E-state index contributed by atoms with van der Waals surface area (Å²) in [6.07, 6.45) is 0. The number of allylic oxidation sites excluding steroid dienone is 1. The standard InChI is InChI=1S/C7H13NO/c1-5(2)7(9)6(3)8-4/h5,8H,3H2,1-2,4H3. The van der Waals surface area contributed by atoms with Gasteiger partial charge >= 0.3 is 0 Å². The Balaban J connectivity index is 3.89. The maximum Gasteiger partial charge on any atom is 0.180 e. The van der Waals surface area contributed by atoms with Crippen LogP contribution in [0.2, 0.25) is 0 Å². The lowest BCUT2D eigenvalue weighted by atomic mass is 10.1. The van der Waals surface area contributed by atoms with Crippen molar-refractivity contribution >= 4 is 5.78 Å². The molecule has 0 bridgehead atoms. The first-order valence-electron chi connectivity index (χ1n) is 3.00. The van der Waals surface area contributed by atoms with Gasteiger partial charge in [0.15, 0.2) is 5.78 Å². The minimum atomic E-state index is 0.0462. The van der Waals surface area contributed by atoms with E-state index in [1.54, 1.807) is 7.05 Å². The molecule has 0 atom stereocenters. The number of hydrogen-bond donors (Lipinski definition) is 1. The number of hydrogen-bond acceptors (Lipinski definition) is 2. The van der Waals surface area contributed by atoms with Gasteiger partial charge in [-0.1, -0.05) is 20.4 Å². The molecule has 1 N–H and O–H groups in total. The molecule has 0 aromatic rings. The van der Waals surface area contributed by atoms with Crippen LogP contribution < -0.4 is 5.32 Å². The van der Waals surface area contributed by atoms with Crippen molar-refractivity contribution in [3.8, 4) is 0 Å². The topological polar surface area (TPSA) is 29.1 Å². The van der Waals surface area contributed by atoms with Gasteiger partial charge in [-0.3, -0.25) is 4.79 Å². The summed E-state index contributed by atoms with van der Waals surface area (Å²) in [5.41, 5.74) is 0.491. The Morgan fingerprint density at radius 3 is 2.11 bits per heavy atom. The molecule has 2 nitrogen and oxygen atoms in total. The van der Waals surface area contributed by atoms with E-state index in [0.29, 0.717) is 5.70 Å². The largest absolute Gasteiger partial charge is 0.386 e. The Kier molecular flexibility index (Phi) is 2.99. The molecule has 0 aromatic carbocycles. The van der Waals surface area contributed by atoms with Crippen molar-refractivity contribution in [3.05, 3.63) is 12.3 Å². The van der Waals surface area contributed by atoms with Gasteiger partial charge in [0.25, 0.3) is 0 Å². The molecule has 0 saturated carbocycles. The normalized spacial score (nSPS) is 9.33. The summed E-state index contributed by atoms with van der Waals surface area (Å²) in [6.45, 7) is 7.24. The summed E-state index contributed by atoms with van der Waals surface area (Å²) >= 11 is 0. The van der Waals surface area contributed by atoms with E-state index in [0.717, 1.165) is 0 Å². The van der Waals surface area contributed by atoms with E-state index in [1.165, 1.54) is 0 Å². The first-order chi connectivity index (χ1) is 4.09. The third-order valence-electron chi connectivity index (χ3n) is 1.12. The van der Waals surface area contributed by atoms with Gasteiger partial charge in [-0.25, -0.2) is 0 Å². The van der Waals surface area contributed by atoms with E-state index >= 15 is 0 Å². The fourth-order valence-corrected chi connectivity index (χ4v) is 0.472. The Labute approximate surface area is 56.0 Å². The van der Waals surface area contributed by atoms with Crippen molar-refractivity contribution in [1.82, 2.24) is 5.32 Å². The van der Waals surface area contributed by atoms with Gasteiger partial charge < -0.3 is 5.32 Å². The van der Waals surface area contributed by atoms with Gasteiger partial charge in [0, 0.05) is 13.0 Å². The van der Waals surface area contributed by atoms with E-state index < -0.39 is 0 Å². The van der Waals surface area contributed by atoms with E-state index in [1.807, 2.05) is 13.8 Å². The van der Waals surface area contributed by atoms with Crippen LogP contribution in [0.3, 0.4) is 0 Å². The van der Waals surface area contributed by atoms with Crippen LogP contribution in [0.4, 0.5) is 0 Å². The second-order valence-corrected chi connectivity index (χ2v) is 2.25. The zero-order chi connectivity index (χ0) is 7.44. The lowest BCUT2D eigenvalue weighted by Gasteiger charge is -2.04. The van der Waals surface area contributed by atoms with Crippen LogP contribution in [0.25, 0.3) is 0 Å². The van der Waals surface area contributed by atoms with Gasteiger partial charge in [-0.2, -0.15) is 0 Å². The van der Waals surface area contributed by atoms with Gasteiger partial charge in [0.1, 0.15) is 0 Å². The average Bonchev–Trinajstić information content (AvgIpc) is 1.84. The molecule has 0 aliphatic carbocycles. The van der Waals surface area contributed by atoms with Gasteiger partial charge in [-0.05, 0) is 0 Å². The lowest BCUT2D eigenvalue weighted by Crippen LogP contribution is -2.19. The fourth-order valence-electron chi connectivity index (χ4n) is 0.472. The quantitative estimate of drug-likeness (QED) is 0.572. The predicted octanol–water partition coefficient (Wildman–Crippen LogP) is 0.945. The minimum absolute atomic E-state index is 0.0462. The number of carbonyl (C=O) groups is 1. The van der Waals surface area contributed by atoms with Crippen LogP contribution in [0.1, 0.15) is 13.8 Å². The maximum atomic E-state index is 10.9. The van der Waals surface area contributed by atoms with E-state index in [-0.39, 0.29) is 11.7 Å². The molecule has 9 heavy (non-hydrogen) atoms. The zero-order valence-electron chi connectivity index (χ0n) is 6.19. The summed E-state index contributed by atoms with van der Waals surface area (Å²) in [7, 11) is 1.70. The molecule has 0 amide bonds. The SMILES string of the molecule is C=C(NC)C(=O)C(C)C. The number of Topliss-reactive ketones (excluding diaryl/α,β-unsaturated/α-hetero) is 1. The number of rotatable bonds is 3. The molecule has 0 heterocycles. The maximum absolute atomic E-state index is 10.9. The molecule has 0 spiro atoms. The second-order valence-electron chi connectivity index (χ2n) is 2.25. The molecule has 0 aromatic heterocycles. The van der Waals surface area contributed by atoms with Crippen LogP contribution in [0.5, 0.6) is 0 Å². The molecule has 0 fully saturated rings. The highest BCUT2D eigenvalue weighted by Crippen LogP contribution is 1.99. The Morgan fingerprint density at radius 2 is 2.00 bits per heavy atom. The Morgan fingerprint density at radius 1 is 1.56 bits per heavy atom. The zero-order valence-corrected chi connectivity index (χ0v) is 6.19. The van der Waals surface area contributed by atoms with E-state index in [4.69, 9.17) is 0 Å². The van der Waals surface area contributed by atoms with Crippen molar-refractivity contribution in [2.75, 3.05) is 7.05 Å². The molecule has 2 heteroatoms. The van der Waals surface area contributed by atoms with Crippen molar-refractivity contribution in [3.63, 3.8) is 0 Å². The average molecular weight is 127 g/mol. The van der Waals surface area contributed by atoms with Crippen LogP contribution in [0.15, 0.2) is 12.3 Å². The van der Waals surface area contributed by atoms with Crippen LogP contribution in [-0.4, -0.2) is 12.8 Å². The highest BCUT2D eigenvalue weighted by atomic mass is 16.1. The Hall–Kier alpha value is -0.790. The lowest BCUT2D eigenvalue weighted by molar-refractivity contribution is -0.118. The molecule has 0 radical (unpaired) electrons. The third kappa shape index (κ3) is 2.31. The highest BCUT2D eigenvalue weighted by Gasteiger charge is 2.08. The molecule has 0 aliphatic heterocycles. The van der Waals surface area contributed by atoms with Gasteiger partial charge in [-0.15, -0.1) is 0 Å². The van der Waals surface area contributed by atoms with Crippen LogP contribution in [-0.2, 0) is 4.79 Å². The van der Waals surface area contributed by atoms with Crippen LogP contribution in [0, 0.1) is 5.92 Å². The van der Waals surface area contributed by atoms with Crippen molar-refractivity contribution in [2.45, 2.75) is 13.8 Å². The van der Waals surface area contributed by atoms with Gasteiger partial charge in [0.05, 0.1) is 5.70 Å². The molecular weight excluding hydrogens is 114 g/mol. The molecule has 0 saturated heterocycles. The summed E-state index contributed by atoms with van der Waals surface area (Å²) < 4.78 is 0. The fraction of sp³-hybridized carbons (Fsp3) is 0.571. The predicted molar refractivity (Wildman–Crippen MR) is 38.0 cm³/mol. The first-order valence-corrected chi connectivity index (χ1v) is 3.00. The summed E-state index contributed by atoms with van der Waals surface area (Å²) in [5, 5.41) is 2.70. The summed E-state index contributed by atoms with van der Waals surface area (Å²) in [5.74, 6) is 0.127. The summed E-state index contributed by atoms with van der Waals surface area (Å²) in [4.78, 5) is 10.9. The summed E-state index contributed by atoms with van der Waals surface area (Å²) in [6, 6.07) is 0. The molecular formula is C7H13NO. The molecule has 52 valence electrons. The number of nitrogens with one attached hydrogen (secondary N) is 1. The highest BCUT2D eigenvalue weighted by molar-refractivity contribution is 5.95. The number of carbonyl (C=O) groups excluding carboxylic acids is 1. The number of ketones is 1. The molecule has 0 aliphatic rings. The molecule has 0 rings (SSSR count). The first kappa shape index (κ1) is 8.21. The van der Waals surface area contributed by atoms with Gasteiger partial charge in [0.2, 0.25) is 0 Å². The molecule has 0 unspecified atom stereocenters. The number of likely N-dealkylation sites (N-methyl/N-ethyl adjacent to an activating group) is 1. The van der Waals surface area contributed by atoms with E-state index in [2.05, 4.69) is 11.9 Å². The van der Waals surface area contributed by atoms with Crippen molar-refractivity contribution in [2.24, 2.45) is 5.92 Å².